The predicted octanol–water partition coefficient (Wildman–Crippen LogP) is 3.08. The summed E-state index contributed by atoms with van der Waals surface area (Å²) in [4.78, 5) is 11.9. The molecule has 2 aromatic carbocycles. The van der Waals surface area contributed by atoms with Crippen LogP contribution < -0.4 is 5.32 Å². The summed E-state index contributed by atoms with van der Waals surface area (Å²) >= 11 is 0. The van der Waals surface area contributed by atoms with E-state index < -0.39 is 5.97 Å². The smallest absolute Gasteiger partial charge is 0.361 e. The Morgan fingerprint density at radius 1 is 1.13 bits per heavy atom. The Balaban J connectivity index is 2.09. The summed E-state index contributed by atoms with van der Waals surface area (Å²) in [5, 5.41) is 15.6. The number of ether oxygens (including phenoxy) is 1. The van der Waals surface area contributed by atoms with Crippen LogP contribution in [0.1, 0.15) is 18.1 Å². The van der Waals surface area contributed by atoms with Gasteiger partial charge in [0, 0.05) is 17.8 Å². The predicted molar refractivity (Wildman–Crippen MR) is 90.0 cm³/mol. The SMILES string of the molecule is CCOC(=O)/C(=N/O)c1ccccc1CCNc1ccccc1. The lowest BCUT2D eigenvalue weighted by atomic mass is 10.0. The van der Waals surface area contributed by atoms with Gasteiger partial charge in [0.1, 0.15) is 0 Å². The van der Waals surface area contributed by atoms with Crippen molar-refractivity contribution in [2.24, 2.45) is 5.16 Å². The first-order valence-corrected chi connectivity index (χ1v) is 7.52. The summed E-state index contributed by atoms with van der Waals surface area (Å²) in [6.07, 6.45) is 0.684. The lowest BCUT2D eigenvalue weighted by Gasteiger charge is -2.11. The summed E-state index contributed by atoms with van der Waals surface area (Å²) in [6, 6.07) is 17.2. The number of carbonyl (C=O) groups excluding carboxylic acids is 1. The first-order valence-electron chi connectivity index (χ1n) is 7.52. The van der Waals surface area contributed by atoms with Crippen LogP contribution in [-0.2, 0) is 16.0 Å². The standard InChI is InChI=1S/C18H20N2O3/c1-2-23-18(21)17(20-22)16-11-7-6-8-14(16)12-13-19-15-9-4-3-5-10-15/h3-11,19,22H,2,12-13H2,1H3/b20-17+. The number of rotatable bonds is 7. The fourth-order valence-electron chi connectivity index (χ4n) is 2.27. The minimum atomic E-state index is -0.626. The number of hydrogen-bond acceptors (Lipinski definition) is 5. The first kappa shape index (κ1) is 16.5. The molecule has 2 N–H and O–H groups in total. The highest BCUT2D eigenvalue weighted by molar-refractivity contribution is 6.43. The minimum absolute atomic E-state index is 0.0674. The second-order valence-corrected chi connectivity index (χ2v) is 4.87. The Morgan fingerprint density at radius 2 is 1.83 bits per heavy atom. The van der Waals surface area contributed by atoms with E-state index in [2.05, 4.69) is 10.5 Å². The summed E-state index contributed by atoms with van der Waals surface area (Å²) in [5.74, 6) is -0.626. The van der Waals surface area contributed by atoms with Crippen LogP contribution in [0.4, 0.5) is 5.69 Å². The van der Waals surface area contributed by atoms with E-state index in [1.54, 1.807) is 19.1 Å². The highest BCUT2D eigenvalue weighted by Gasteiger charge is 2.18. The summed E-state index contributed by atoms with van der Waals surface area (Å²) < 4.78 is 4.93. The van der Waals surface area contributed by atoms with Gasteiger partial charge in [0.25, 0.3) is 0 Å². The monoisotopic (exact) mass is 312 g/mol. The third kappa shape index (κ3) is 4.57. The van der Waals surface area contributed by atoms with E-state index in [9.17, 15) is 10.0 Å². The highest BCUT2D eigenvalue weighted by atomic mass is 16.5. The molecule has 0 bridgehead atoms. The lowest BCUT2D eigenvalue weighted by molar-refractivity contribution is -0.135. The van der Waals surface area contributed by atoms with Crippen molar-refractivity contribution in [3.05, 3.63) is 65.7 Å². The van der Waals surface area contributed by atoms with Crippen molar-refractivity contribution >= 4 is 17.4 Å². The van der Waals surface area contributed by atoms with Gasteiger partial charge in [0.2, 0.25) is 0 Å². The van der Waals surface area contributed by atoms with Crippen molar-refractivity contribution in [2.45, 2.75) is 13.3 Å². The zero-order valence-electron chi connectivity index (χ0n) is 13.0. The molecule has 0 unspecified atom stereocenters. The topological polar surface area (TPSA) is 70.9 Å². The molecule has 0 saturated heterocycles. The minimum Gasteiger partial charge on any atom is -0.461 e. The van der Waals surface area contributed by atoms with E-state index in [1.165, 1.54) is 0 Å². The number of oxime groups is 1. The molecule has 0 fully saturated rings. The quantitative estimate of drug-likeness (QED) is 0.357. The van der Waals surface area contributed by atoms with Gasteiger partial charge in [-0.05, 0) is 31.0 Å². The summed E-state index contributed by atoms with van der Waals surface area (Å²) in [5.41, 5.74) is 2.47. The van der Waals surface area contributed by atoms with Gasteiger partial charge >= 0.3 is 5.97 Å². The van der Waals surface area contributed by atoms with E-state index in [-0.39, 0.29) is 12.3 Å². The van der Waals surface area contributed by atoms with Crippen molar-refractivity contribution in [1.29, 1.82) is 0 Å². The number of nitrogens with one attached hydrogen (secondary N) is 1. The maximum atomic E-state index is 11.9. The number of hydrogen-bond donors (Lipinski definition) is 2. The van der Waals surface area contributed by atoms with Gasteiger partial charge < -0.3 is 15.3 Å². The maximum Gasteiger partial charge on any atom is 0.361 e. The van der Waals surface area contributed by atoms with Gasteiger partial charge in [0.05, 0.1) is 6.61 Å². The molecular formula is C18H20N2O3. The fourth-order valence-corrected chi connectivity index (χ4v) is 2.27. The Labute approximate surface area is 135 Å². The molecule has 0 aromatic heterocycles. The van der Waals surface area contributed by atoms with Crippen molar-refractivity contribution < 1.29 is 14.7 Å². The Morgan fingerprint density at radius 3 is 2.52 bits per heavy atom. The van der Waals surface area contributed by atoms with Crippen molar-refractivity contribution in [3.63, 3.8) is 0 Å². The normalized spacial score (nSPS) is 11.1. The zero-order valence-corrected chi connectivity index (χ0v) is 13.0. The number of nitrogens with zero attached hydrogens (tertiary/aromatic N) is 1. The molecule has 0 amide bonds. The molecule has 0 heterocycles. The molecule has 0 atom stereocenters. The van der Waals surface area contributed by atoms with Crippen LogP contribution in [-0.4, -0.2) is 30.0 Å². The molecule has 5 heteroatoms. The van der Waals surface area contributed by atoms with Crippen molar-refractivity contribution in [3.8, 4) is 0 Å². The number of anilines is 1. The van der Waals surface area contributed by atoms with Gasteiger partial charge in [0.15, 0.2) is 5.71 Å². The molecular weight excluding hydrogens is 292 g/mol. The average molecular weight is 312 g/mol. The average Bonchev–Trinajstić information content (AvgIpc) is 2.58. The van der Waals surface area contributed by atoms with E-state index in [4.69, 9.17) is 4.74 Å². The number of para-hydroxylation sites is 1. The van der Waals surface area contributed by atoms with E-state index >= 15 is 0 Å². The molecule has 0 aliphatic heterocycles. The van der Waals surface area contributed by atoms with Gasteiger partial charge in [-0.1, -0.05) is 47.6 Å². The molecule has 0 aliphatic carbocycles. The Bertz CT molecular complexity index is 669. The van der Waals surface area contributed by atoms with Crippen molar-refractivity contribution in [1.82, 2.24) is 0 Å². The molecule has 0 aliphatic rings. The Hall–Kier alpha value is -2.82. The number of esters is 1. The molecule has 23 heavy (non-hydrogen) atoms. The number of benzene rings is 2. The van der Waals surface area contributed by atoms with Crippen LogP contribution in [0, 0.1) is 0 Å². The van der Waals surface area contributed by atoms with Gasteiger partial charge in [-0.15, -0.1) is 0 Å². The molecule has 5 nitrogen and oxygen atoms in total. The molecule has 0 radical (unpaired) electrons. The lowest BCUT2D eigenvalue weighted by Crippen LogP contribution is -2.21. The molecule has 120 valence electrons. The van der Waals surface area contributed by atoms with Crippen LogP contribution in [0.5, 0.6) is 0 Å². The van der Waals surface area contributed by atoms with Crippen LogP contribution in [0.3, 0.4) is 0 Å². The molecule has 0 saturated carbocycles. The maximum absolute atomic E-state index is 11.9. The van der Waals surface area contributed by atoms with Crippen LogP contribution in [0.2, 0.25) is 0 Å². The van der Waals surface area contributed by atoms with Crippen LogP contribution in [0.15, 0.2) is 59.8 Å². The molecule has 2 aromatic rings. The first-order chi connectivity index (χ1) is 11.3. The second kappa shape index (κ2) is 8.58. The summed E-state index contributed by atoms with van der Waals surface area (Å²) in [7, 11) is 0. The van der Waals surface area contributed by atoms with Crippen LogP contribution in [0.25, 0.3) is 0 Å². The fraction of sp³-hybridized carbons (Fsp3) is 0.222. The van der Waals surface area contributed by atoms with Gasteiger partial charge in [-0.2, -0.15) is 0 Å². The largest absolute Gasteiger partial charge is 0.461 e. The number of carbonyl (C=O) groups is 1. The molecule has 0 spiro atoms. The van der Waals surface area contributed by atoms with E-state index in [0.29, 0.717) is 18.5 Å². The van der Waals surface area contributed by atoms with Crippen LogP contribution >= 0.6 is 0 Å². The third-order valence-electron chi connectivity index (χ3n) is 3.34. The van der Waals surface area contributed by atoms with Gasteiger partial charge in [-0.3, -0.25) is 0 Å². The van der Waals surface area contributed by atoms with Crippen molar-refractivity contribution in [2.75, 3.05) is 18.5 Å². The summed E-state index contributed by atoms with van der Waals surface area (Å²) in [6.45, 7) is 2.64. The molecule has 2 rings (SSSR count). The Kier molecular flexibility index (Phi) is 6.17. The highest BCUT2D eigenvalue weighted by Crippen LogP contribution is 2.13. The third-order valence-corrected chi connectivity index (χ3v) is 3.34. The van der Waals surface area contributed by atoms with Gasteiger partial charge in [-0.25, -0.2) is 4.79 Å². The van der Waals surface area contributed by atoms with E-state index in [0.717, 1.165) is 11.3 Å². The zero-order chi connectivity index (χ0) is 16.5. The van der Waals surface area contributed by atoms with E-state index in [1.807, 2.05) is 42.5 Å². The second-order valence-electron chi connectivity index (χ2n) is 4.87.